The first-order chi connectivity index (χ1) is 14.5. The number of rotatable bonds is 6. The molecule has 152 valence electrons. The summed E-state index contributed by atoms with van der Waals surface area (Å²) in [6.07, 6.45) is 0.975. The van der Waals surface area contributed by atoms with Crippen molar-refractivity contribution < 1.29 is 19.1 Å². The number of amides is 2. The van der Waals surface area contributed by atoms with Crippen molar-refractivity contribution in [1.29, 1.82) is 0 Å². The van der Waals surface area contributed by atoms with Crippen molar-refractivity contribution in [3.05, 3.63) is 75.7 Å². The van der Waals surface area contributed by atoms with Crippen molar-refractivity contribution in [2.75, 3.05) is 13.2 Å². The van der Waals surface area contributed by atoms with Gasteiger partial charge in [-0.05, 0) is 31.0 Å². The van der Waals surface area contributed by atoms with Crippen LogP contribution in [-0.2, 0) is 11.8 Å². The molecule has 0 unspecified atom stereocenters. The molecule has 0 saturated heterocycles. The number of aromatic nitrogens is 2. The normalized spacial score (nSPS) is 13.0. The number of benzene rings is 2. The highest BCUT2D eigenvalue weighted by Gasteiger charge is 2.34. The summed E-state index contributed by atoms with van der Waals surface area (Å²) in [5, 5.41) is 4.87. The van der Waals surface area contributed by atoms with Gasteiger partial charge in [0.05, 0.1) is 23.1 Å². The third-order valence-corrected chi connectivity index (χ3v) is 5.04. The van der Waals surface area contributed by atoms with E-state index in [1.807, 2.05) is 0 Å². The Morgan fingerprint density at radius 3 is 2.17 bits per heavy atom. The van der Waals surface area contributed by atoms with Crippen molar-refractivity contribution in [2.24, 2.45) is 7.05 Å². The predicted molar refractivity (Wildman–Crippen MR) is 108 cm³/mol. The first kappa shape index (κ1) is 19.5. The van der Waals surface area contributed by atoms with Crippen molar-refractivity contribution in [1.82, 2.24) is 14.7 Å². The van der Waals surface area contributed by atoms with E-state index in [4.69, 9.17) is 4.74 Å². The van der Waals surface area contributed by atoms with Gasteiger partial charge in [-0.3, -0.25) is 19.3 Å². The average Bonchev–Trinajstić information content (AvgIpc) is 3.01. The second-order valence-electron chi connectivity index (χ2n) is 6.97. The Kier molecular flexibility index (Phi) is 5.14. The maximum absolute atomic E-state index is 12.5. The smallest absolute Gasteiger partial charge is 0.359 e. The van der Waals surface area contributed by atoms with Crippen molar-refractivity contribution >= 4 is 28.6 Å². The Bertz CT molecular complexity index is 1200. The van der Waals surface area contributed by atoms with Gasteiger partial charge in [0.25, 0.3) is 17.4 Å². The van der Waals surface area contributed by atoms with E-state index in [1.165, 1.54) is 11.9 Å². The van der Waals surface area contributed by atoms with Crippen LogP contribution in [-0.4, -0.2) is 45.6 Å². The number of ether oxygens (including phenoxy) is 1. The molecular formula is C22H19N3O5. The summed E-state index contributed by atoms with van der Waals surface area (Å²) in [6, 6.07) is 13.5. The molecule has 2 amide bonds. The molecule has 1 aliphatic rings. The second-order valence-corrected chi connectivity index (χ2v) is 6.97. The van der Waals surface area contributed by atoms with E-state index in [0.29, 0.717) is 34.7 Å². The maximum atomic E-state index is 12.5. The molecule has 1 aliphatic heterocycles. The summed E-state index contributed by atoms with van der Waals surface area (Å²) in [5.74, 6) is -1.22. The summed E-state index contributed by atoms with van der Waals surface area (Å²) in [7, 11) is 1.48. The molecular weight excluding hydrogens is 386 g/mol. The van der Waals surface area contributed by atoms with E-state index in [2.05, 4.69) is 5.10 Å². The van der Waals surface area contributed by atoms with Crippen LogP contribution in [0.25, 0.3) is 10.8 Å². The number of carbonyl (C=O) groups is 3. The molecule has 0 fully saturated rings. The molecule has 2 aromatic carbocycles. The van der Waals surface area contributed by atoms with Crippen LogP contribution in [0.2, 0.25) is 0 Å². The maximum Gasteiger partial charge on any atom is 0.359 e. The minimum Gasteiger partial charge on any atom is -0.461 e. The van der Waals surface area contributed by atoms with Gasteiger partial charge in [0.1, 0.15) is 0 Å². The summed E-state index contributed by atoms with van der Waals surface area (Å²) < 4.78 is 6.42. The molecule has 1 aromatic heterocycles. The SMILES string of the molecule is Cn1nc(C(=O)OCCCCN2C(=O)c3ccccc3C2=O)c2ccccc2c1=O. The summed E-state index contributed by atoms with van der Waals surface area (Å²) in [5.41, 5.74) is 0.624. The van der Waals surface area contributed by atoms with Crippen molar-refractivity contribution in [3.8, 4) is 0 Å². The van der Waals surface area contributed by atoms with Gasteiger partial charge >= 0.3 is 5.97 Å². The summed E-state index contributed by atoms with van der Waals surface area (Å²) in [4.78, 5) is 50.5. The predicted octanol–water partition coefficient (Wildman–Crippen LogP) is 2.17. The van der Waals surface area contributed by atoms with E-state index in [9.17, 15) is 19.2 Å². The molecule has 0 atom stereocenters. The summed E-state index contributed by atoms with van der Waals surface area (Å²) in [6.45, 7) is 0.367. The molecule has 4 rings (SSSR count). The number of hydrogen-bond donors (Lipinski definition) is 0. The number of esters is 1. The van der Waals surface area contributed by atoms with Gasteiger partial charge < -0.3 is 4.74 Å². The third-order valence-electron chi connectivity index (χ3n) is 5.04. The minimum atomic E-state index is -0.623. The fourth-order valence-corrected chi connectivity index (χ4v) is 3.50. The zero-order chi connectivity index (χ0) is 21.3. The Morgan fingerprint density at radius 1 is 0.900 bits per heavy atom. The van der Waals surface area contributed by atoms with E-state index in [0.717, 1.165) is 4.68 Å². The molecule has 0 aliphatic carbocycles. The molecule has 3 aromatic rings. The lowest BCUT2D eigenvalue weighted by atomic mass is 10.1. The number of imide groups is 1. The van der Waals surface area contributed by atoms with E-state index in [-0.39, 0.29) is 36.2 Å². The lowest BCUT2D eigenvalue weighted by molar-refractivity contribution is 0.0479. The van der Waals surface area contributed by atoms with Gasteiger partial charge in [-0.1, -0.05) is 30.3 Å². The van der Waals surface area contributed by atoms with E-state index >= 15 is 0 Å². The molecule has 0 N–H and O–H groups in total. The Morgan fingerprint density at radius 2 is 1.50 bits per heavy atom. The average molecular weight is 405 g/mol. The van der Waals surface area contributed by atoms with Gasteiger partial charge in [0, 0.05) is 19.0 Å². The molecule has 0 saturated carbocycles. The Hall–Kier alpha value is -3.81. The highest BCUT2D eigenvalue weighted by atomic mass is 16.5. The van der Waals surface area contributed by atoms with Gasteiger partial charge in [0.15, 0.2) is 5.69 Å². The van der Waals surface area contributed by atoms with Crippen LogP contribution in [0.1, 0.15) is 44.0 Å². The first-order valence-electron chi connectivity index (χ1n) is 9.57. The fourth-order valence-electron chi connectivity index (χ4n) is 3.50. The highest BCUT2D eigenvalue weighted by Crippen LogP contribution is 2.22. The van der Waals surface area contributed by atoms with Crippen LogP contribution >= 0.6 is 0 Å². The summed E-state index contributed by atoms with van der Waals surface area (Å²) >= 11 is 0. The Balaban J connectivity index is 1.34. The van der Waals surface area contributed by atoms with Crippen molar-refractivity contribution in [2.45, 2.75) is 12.8 Å². The second kappa shape index (κ2) is 7.90. The van der Waals surface area contributed by atoms with Gasteiger partial charge in [-0.2, -0.15) is 5.10 Å². The number of aryl methyl sites for hydroxylation is 1. The molecule has 0 bridgehead atoms. The largest absolute Gasteiger partial charge is 0.461 e. The number of fused-ring (bicyclic) bond motifs is 2. The molecule has 0 radical (unpaired) electrons. The molecule has 8 nitrogen and oxygen atoms in total. The van der Waals surface area contributed by atoms with Crippen LogP contribution in [0.3, 0.4) is 0 Å². The first-order valence-corrected chi connectivity index (χ1v) is 9.57. The zero-order valence-corrected chi connectivity index (χ0v) is 16.3. The minimum absolute atomic E-state index is 0.0769. The van der Waals surface area contributed by atoms with Gasteiger partial charge in [0.2, 0.25) is 0 Å². The third kappa shape index (κ3) is 3.36. The zero-order valence-electron chi connectivity index (χ0n) is 16.3. The van der Waals surface area contributed by atoms with Crippen LogP contribution < -0.4 is 5.56 Å². The molecule has 8 heteroatoms. The van der Waals surface area contributed by atoms with Gasteiger partial charge in [-0.15, -0.1) is 0 Å². The van der Waals surface area contributed by atoms with E-state index in [1.54, 1.807) is 48.5 Å². The van der Waals surface area contributed by atoms with Crippen LogP contribution in [0.15, 0.2) is 53.3 Å². The number of carbonyl (C=O) groups excluding carboxylic acids is 3. The van der Waals surface area contributed by atoms with Crippen LogP contribution in [0, 0.1) is 0 Å². The van der Waals surface area contributed by atoms with Gasteiger partial charge in [-0.25, -0.2) is 9.48 Å². The van der Waals surface area contributed by atoms with Crippen LogP contribution in [0.5, 0.6) is 0 Å². The monoisotopic (exact) mass is 405 g/mol. The fraction of sp³-hybridized carbons (Fsp3) is 0.227. The lowest BCUT2D eigenvalue weighted by Crippen LogP contribution is -2.30. The standard InChI is InChI=1S/C22H19N3O5/c1-24-19(26)15-9-3-2-8-14(15)18(23-24)22(29)30-13-7-6-12-25-20(27)16-10-4-5-11-17(16)21(25)28/h2-5,8-11H,6-7,12-13H2,1H3. The number of hydrogen-bond acceptors (Lipinski definition) is 6. The number of nitrogens with zero attached hydrogens (tertiary/aromatic N) is 3. The quantitative estimate of drug-likeness (QED) is 0.354. The van der Waals surface area contributed by atoms with E-state index < -0.39 is 5.97 Å². The molecule has 0 spiro atoms. The lowest BCUT2D eigenvalue weighted by Gasteiger charge is -2.13. The topological polar surface area (TPSA) is 98.6 Å². The van der Waals surface area contributed by atoms with Crippen LogP contribution in [0.4, 0.5) is 0 Å². The Labute approximate surface area is 171 Å². The number of unbranched alkanes of at least 4 members (excludes halogenated alkanes) is 1. The van der Waals surface area contributed by atoms with Crippen molar-refractivity contribution in [3.63, 3.8) is 0 Å². The highest BCUT2D eigenvalue weighted by molar-refractivity contribution is 6.21. The molecule has 30 heavy (non-hydrogen) atoms. The molecule has 2 heterocycles.